The molecule has 1 N–H and O–H groups in total. The van der Waals surface area contributed by atoms with Gasteiger partial charge in [0.25, 0.3) is 0 Å². The van der Waals surface area contributed by atoms with Gasteiger partial charge in [-0.3, -0.25) is 9.59 Å². The van der Waals surface area contributed by atoms with Crippen LogP contribution in [0.15, 0.2) is 0 Å². The number of hydrogen-bond acceptors (Lipinski definition) is 2. The Labute approximate surface area is 90.3 Å². The predicted molar refractivity (Wildman–Crippen MR) is 56.4 cm³/mol. The normalized spacial score (nSPS) is 24.4. The highest BCUT2D eigenvalue weighted by atomic mass is 16.4. The Morgan fingerprint density at radius 1 is 1.33 bits per heavy atom. The summed E-state index contributed by atoms with van der Waals surface area (Å²) in [7, 11) is 1.76. The lowest BCUT2D eigenvalue weighted by Crippen LogP contribution is -2.45. The molecule has 1 rings (SSSR count). The molecule has 4 heteroatoms. The Morgan fingerprint density at radius 2 is 1.93 bits per heavy atom. The third-order valence-electron chi connectivity index (χ3n) is 3.13. The summed E-state index contributed by atoms with van der Waals surface area (Å²) in [5, 5.41) is 8.84. The number of amides is 1. The van der Waals surface area contributed by atoms with Crippen LogP contribution in [0.1, 0.15) is 32.6 Å². The smallest absolute Gasteiger partial charge is 0.307 e. The van der Waals surface area contributed by atoms with Gasteiger partial charge in [0, 0.05) is 13.6 Å². The molecule has 2 unspecified atom stereocenters. The van der Waals surface area contributed by atoms with Crippen LogP contribution in [0.3, 0.4) is 0 Å². The fourth-order valence-corrected chi connectivity index (χ4v) is 1.88. The number of aliphatic carboxylic acids is 1. The molecule has 0 aromatic carbocycles. The molecular weight excluding hydrogens is 194 g/mol. The monoisotopic (exact) mass is 213 g/mol. The number of carbonyl (C=O) groups excluding carboxylic acids is 1. The van der Waals surface area contributed by atoms with E-state index in [-0.39, 0.29) is 11.8 Å². The molecule has 2 atom stereocenters. The molecule has 86 valence electrons. The zero-order valence-electron chi connectivity index (χ0n) is 9.40. The summed E-state index contributed by atoms with van der Waals surface area (Å²) in [5.41, 5.74) is 0. The molecule has 4 nitrogen and oxygen atoms in total. The Balaban J connectivity index is 2.43. The minimum Gasteiger partial charge on any atom is -0.481 e. The van der Waals surface area contributed by atoms with Gasteiger partial charge in [-0.25, -0.2) is 0 Å². The van der Waals surface area contributed by atoms with Crippen molar-refractivity contribution in [3.8, 4) is 0 Å². The number of rotatable bonds is 5. The maximum Gasteiger partial charge on any atom is 0.307 e. The third-order valence-corrected chi connectivity index (χ3v) is 3.13. The molecule has 1 fully saturated rings. The quantitative estimate of drug-likeness (QED) is 0.750. The topological polar surface area (TPSA) is 57.6 Å². The van der Waals surface area contributed by atoms with Gasteiger partial charge >= 0.3 is 5.97 Å². The minimum atomic E-state index is -0.830. The van der Waals surface area contributed by atoms with Gasteiger partial charge in [0.1, 0.15) is 0 Å². The number of unbranched alkanes of at least 4 members (excludes halogenated alkanes) is 1. The van der Waals surface area contributed by atoms with Gasteiger partial charge in [0.15, 0.2) is 0 Å². The van der Waals surface area contributed by atoms with E-state index in [1.54, 1.807) is 11.9 Å². The molecule has 1 aliphatic rings. The molecule has 0 saturated heterocycles. The van der Waals surface area contributed by atoms with Gasteiger partial charge in [-0.15, -0.1) is 0 Å². The second-order valence-corrected chi connectivity index (χ2v) is 4.24. The van der Waals surface area contributed by atoms with E-state index in [4.69, 9.17) is 5.11 Å². The summed E-state index contributed by atoms with van der Waals surface area (Å²) >= 11 is 0. The lowest BCUT2D eigenvalue weighted by atomic mass is 9.73. The summed E-state index contributed by atoms with van der Waals surface area (Å²) in [6.07, 6.45) is 3.40. The van der Waals surface area contributed by atoms with Crippen LogP contribution in [-0.2, 0) is 9.59 Å². The SMILES string of the molecule is CCCCN(C)C(=O)C1CCC1C(=O)O. The number of carboxylic acids is 1. The Bertz CT molecular complexity index is 252. The Hall–Kier alpha value is -1.06. The molecule has 0 aromatic heterocycles. The predicted octanol–water partition coefficient (Wildman–Crippen LogP) is 1.36. The van der Waals surface area contributed by atoms with Crippen molar-refractivity contribution in [1.29, 1.82) is 0 Å². The highest BCUT2D eigenvalue weighted by molar-refractivity contribution is 5.86. The van der Waals surface area contributed by atoms with E-state index in [0.717, 1.165) is 25.8 Å². The lowest BCUT2D eigenvalue weighted by molar-refractivity contribution is -0.156. The lowest BCUT2D eigenvalue weighted by Gasteiger charge is -2.34. The van der Waals surface area contributed by atoms with Crippen molar-refractivity contribution >= 4 is 11.9 Å². The number of carbonyl (C=O) groups is 2. The molecule has 0 aromatic rings. The number of hydrogen-bond donors (Lipinski definition) is 1. The van der Waals surface area contributed by atoms with Crippen molar-refractivity contribution in [3.63, 3.8) is 0 Å². The average Bonchev–Trinajstić information content (AvgIpc) is 2.11. The summed E-state index contributed by atoms with van der Waals surface area (Å²) < 4.78 is 0. The third kappa shape index (κ3) is 2.70. The van der Waals surface area contributed by atoms with Crippen molar-refractivity contribution in [2.24, 2.45) is 11.8 Å². The van der Waals surface area contributed by atoms with Crippen LogP contribution < -0.4 is 0 Å². The highest BCUT2D eigenvalue weighted by Crippen LogP contribution is 2.35. The highest BCUT2D eigenvalue weighted by Gasteiger charge is 2.42. The zero-order valence-corrected chi connectivity index (χ0v) is 9.40. The van der Waals surface area contributed by atoms with Crippen LogP contribution in [0.25, 0.3) is 0 Å². The van der Waals surface area contributed by atoms with E-state index in [1.165, 1.54) is 0 Å². The molecule has 0 bridgehead atoms. The first-order valence-corrected chi connectivity index (χ1v) is 5.55. The molecular formula is C11H19NO3. The van der Waals surface area contributed by atoms with Gasteiger partial charge in [0.05, 0.1) is 11.8 Å². The van der Waals surface area contributed by atoms with Gasteiger partial charge in [-0.1, -0.05) is 13.3 Å². The van der Waals surface area contributed by atoms with Crippen molar-refractivity contribution in [1.82, 2.24) is 4.90 Å². The second-order valence-electron chi connectivity index (χ2n) is 4.24. The van der Waals surface area contributed by atoms with Crippen LogP contribution in [0.4, 0.5) is 0 Å². The van der Waals surface area contributed by atoms with Crippen LogP contribution >= 0.6 is 0 Å². The first-order valence-electron chi connectivity index (χ1n) is 5.55. The average molecular weight is 213 g/mol. The number of nitrogens with zero attached hydrogens (tertiary/aromatic N) is 1. The standard InChI is InChI=1S/C11H19NO3/c1-3-4-7-12(2)10(13)8-5-6-9(8)11(14)15/h8-9H,3-7H2,1-2H3,(H,14,15). The summed E-state index contributed by atoms with van der Waals surface area (Å²) in [6, 6.07) is 0. The van der Waals surface area contributed by atoms with Gasteiger partial charge in [0.2, 0.25) is 5.91 Å². The van der Waals surface area contributed by atoms with Crippen LogP contribution in [0, 0.1) is 11.8 Å². The van der Waals surface area contributed by atoms with Crippen molar-refractivity contribution in [2.45, 2.75) is 32.6 Å². The number of carboxylic acid groups (broad SMARTS) is 1. The summed E-state index contributed by atoms with van der Waals surface area (Å²) in [5.74, 6) is -1.54. The maximum atomic E-state index is 11.8. The van der Waals surface area contributed by atoms with Crippen LogP contribution in [0.5, 0.6) is 0 Å². The van der Waals surface area contributed by atoms with Gasteiger partial charge < -0.3 is 10.0 Å². The molecule has 0 heterocycles. The minimum absolute atomic E-state index is 0.00194. The van der Waals surface area contributed by atoms with E-state index in [0.29, 0.717) is 6.42 Å². The molecule has 0 spiro atoms. The molecule has 1 saturated carbocycles. The molecule has 15 heavy (non-hydrogen) atoms. The van der Waals surface area contributed by atoms with E-state index in [2.05, 4.69) is 6.92 Å². The Kier molecular flexibility index (Phi) is 4.12. The first-order chi connectivity index (χ1) is 7.07. The maximum absolute atomic E-state index is 11.8. The first kappa shape index (κ1) is 12.0. The molecule has 0 radical (unpaired) electrons. The van der Waals surface area contributed by atoms with E-state index in [1.807, 2.05) is 0 Å². The second kappa shape index (κ2) is 5.14. The van der Waals surface area contributed by atoms with Gasteiger partial charge in [-0.2, -0.15) is 0 Å². The Morgan fingerprint density at radius 3 is 2.33 bits per heavy atom. The fourth-order valence-electron chi connectivity index (χ4n) is 1.88. The van der Waals surface area contributed by atoms with E-state index >= 15 is 0 Å². The van der Waals surface area contributed by atoms with Crippen molar-refractivity contribution < 1.29 is 14.7 Å². The molecule has 1 amide bonds. The van der Waals surface area contributed by atoms with Crippen molar-refractivity contribution in [3.05, 3.63) is 0 Å². The van der Waals surface area contributed by atoms with E-state index in [9.17, 15) is 9.59 Å². The van der Waals surface area contributed by atoms with Gasteiger partial charge in [-0.05, 0) is 19.3 Å². The van der Waals surface area contributed by atoms with E-state index < -0.39 is 11.9 Å². The zero-order chi connectivity index (χ0) is 11.4. The van der Waals surface area contributed by atoms with Crippen LogP contribution in [-0.4, -0.2) is 35.5 Å². The van der Waals surface area contributed by atoms with Crippen LogP contribution in [0.2, 0.25) is 0 Å². The molecule has 1 aliphatic carbocycles. The summed E-state index contributed by atoms with van der Waals surface area (Å²) in [6.45, 7) is 2.81. The van der Waals surface area contributed by atoms with Crippen molar-refractivity contribution in [2.75, 3.05) is 13.6 Å². The fraction of sp³-hybridized carbons (Fsp3) is 0.818. The summed E-state index contributed by atoms with van der Waals surface area (Å²) in [4.78, 5) is 24.2. The molecule has 0 aliphatic heterocycles. The largest absolute Gasteiger partial charge is 0.481 e.